The number of rotatable bonds is 6. The normalized spacial score (nSPS) is 11.9. The first-order chi connectivity index (χ1) is 9.20. The maximum Gasteiger partial charge on any atom is 0.411 e. The van der Waals surface area contributed by atoms with Crippen LogP contribution in [0.2, 0.25) is 0 Å². The summed E-state index contributed by atoms with van der Waals surface area (Å²) in [7, 11) is 0. The third-order valence-electron chi connectivity index (χ3n) is 2.38. The summed E-state index contributed by atoms with van der Waals surface area (Å²) in [6.07, 6.45) is -3.10. The predicted molar refractivity (Wildman–Crippen MR) is 63.7 cm³/mol. The lowest BCUT2D eigenvalue weighted by Gasteiger charge is -2.11. The molecule has 0 aromatic carbocycles. The molecule has 1 aromatic heterocycles. The van der Waals surface area contributed by atoms with Gasteiger partial charge in [0.15, 0.2) is 0 Å². The van der Waals surface area contributed by atoms with Gasteiger partial charge in [-0.1, -0.05) is 13.8 Å². The minimum atomic E-state index is -4.36. The number of nitrogens with zero attached hydrogens (tertiary/aromatic N) is 2. The Hall–Kier alpha value is -1.70. The average molecular weight is 292 g/mol. The molecule has 1 heterocycles. The van der Waals surface area contributed by atoms with Crippen LogP contribution in [0.1, 0.15) is 41.6 Å². The van der Waals surface area contributed by atoms with Crippen LogP contribution >= 0.6 is 0 Å². The SMILES string of the molecule is CC(C)c1nc(CCOCC(F)(F)F)ncc1C(=O)O. The Kier molecular flexibility index (Phi) is 5.43. The van der Waals surface area contributed by atoms with Crippen molar-refractivity contribution in [3.8, 4) is 0 Å². The summed E-state index contributed by atoms with van der Waals surface area (Å²) in [6.45, 7) is 2.05. The lowest BCUT2D eigenvalue weighted by molar-refractivity contribution is -0.173. The molecule has 0 aliphatic rings. The summed E-state index contributed by atoms with van der Waals surface area (Å²) < 4.78 is 40.1. The molecule has 20 heavy (non-hydrogen) atoms. The van der Waals surface area contributed by atoms with Gasteiger partial charge in [-0.3, -0.25) is 0 Å². The van der Waals surface area contributed by atoms with E-state index in [9.17, 15) is 18.0 Å². The van der Waals surface area contributed by atoms with Crippen LogP contribution in [0.3, 0.4) is 0 Å². The van der Waals surface area contributed by atoms with Gasteiger partial charge in [0, 0.05) is 12.6 Å². The fourth-order valence-corrected chi connectivity index (χ4v) is 1.51. The summed E-state index contributed by atoms with van der Waals surface area (Å²) in [5.74, 6) is -0.992. The number of carboxylic acid groups (broad SMARTS) is 1. The molecule has 0 unspecified atom stereocenters. The van der Waals surface area contributed by atoms with Crippen molar-refractivity contribution in [3.05, 3.63) is 23.3 Å². The molecular weight excluding hydrogens is 277 g/mol. The van der Waals surface area contributed by atoms with Crippen molar-refractivity contribution in [2.24, 2.45) is 0 Å². The smallest absolute Gasteiger partial charge is 0.411 e. The van der Waals surface area contributed by atoms with Crippen LogP contribution in [-0.4, -0.2) is 40.4 Å². The molecule has 112 valence electrons. The molecule has 1 aromatic rings. The predicted octanol–water partition coefficient (Wildman–Crippen LogP) is 2.42. The maximum atomic E-state index is 11.9. The van der Waals surface area contributed by atoms with Crippen molar-refractivity contribution in [1.82, 2.24) is 9.97 Å². The van der Waals surface area contributed by atoms with E-state index in [2.05, 4.69) is 14.7 Å². The van der Waals surface area contributed by atoms with Crippen LogP contribution in [-0.2, 0) is 11.2 Å². The van der Waals surface area contributed by atoms with Gasteiger partial charge in [0.2, 0.25) is 0 Å². The number of aromatic nitrogens is 2. The van der Waals surface area contributed by atoms with Gasteiger partial charge in [-0.05, 0) is 5.92 Å². The van der Waals surface area contributed by atoms with Gasteiger partial charge in [0.05, 0.1) is 17.9 Å². The quantitative estimate of drug-likeness (QED) is 0.815. The number of aromatic carboxylic acids is 1. The first-order valence-corrected chi connectivity index (χ1v) is 5.94. The molecule has 0 saturated carbocycles. The molecule has 5 nitrogen and oxygen atoms in total. The van der Waals surface area contributed by atoms with Crippen LogP contribution in [0.4, 0.5) is 13.2 Å². The molecule has 1 N–H and O–H groups in total. The number of alkyl halides is 3. The molecule has 0 spiro atoms. The molecule has 1 rings (SSSR count). The van der Waals surface area contributed by atoms with E-state index < -0.39 is 18.8 Å². The zero-order valence-electron chi connectivity index (χ0n) is 11.1. The average Bonchev–Trinajstić information content (AvgIpc) is 2.33. The zero-order chi connectivity index (χ0) is 15.3. The number of halogens is 3. The minimum absolute atomic E-state index is 0.0000371. The Morgan fingerprint density at radius 3 is 2.60 bits per heavy atom. The van der Waals surface area contributed by atoms with Crippen LogP contribution < -0.4 is 0 Å². The van der Waals surface area contributed by atoms with E-state index in [4.69, 9.17) is 5.11 Å². The Labute approximate surface area is 113 Å². The monoisotopic (exact) mass is 292 g/mol. The van der Waals surface area contributed by atoms with Crippen LogP contribution in [0.15, 0.2) is 6.20 Å². The highest BCUT2D eigenvalue weighted by Crippen LogP contribution is 2.17. The summed E-state index contributed by atoms with van der Waals surface area (Å²) in [6, 6.07) is 0. The molecule has 0 aliphatic carbocycles. The lowest BCUT2D eigenvalue weighted by atomic mass is 10.1. The second-order valence-corrected chi connectivity index (χ2v) is 4.46. The van der Waals surface area contributed by atoms with E-state index in [0.717, 1.165) is 0 Å². The molecule has 0 saturated heterocycles. The molecule has 0 aliphatic heterocycles. The maximum absolute atomic E-state index is 11.9. The van der Waals surface area contributed by atoms with Gasteiger partial charge in [-0.25, -0.2) is 14.8 Å². The van der Waals surface area contributed by atoms with E-state index in [1.54, 1.807) is 13.8 Å². The summed E-state index contributed by atoms with van der Waals surface area (Å²) in [5, 5.41) is 8.98. The standard InChI is InChI=1S/C12H15F3N2O3/c1-7(2)10-8(11(18)19)5-16-9(17-10)3-4-20-6-12(13,14)15/h5,7H,3-4,6H2,1-2H3,(H,18,19). The van der Waals surface area contributed by atoms with E-state index in [1.807, 2.05) is 0 Å². The third kappa shape index (κ3) is 5.12. The van der Waals surface area contributed by atoms with Crippen LogP contribution in [0.25, 0.3) is 0 Å². The molecule has 0 fully saturated rings. The number of hydrogen-bond donors (Lipinski definition) is 1. The number of hydrogen-bond acceptors (Lipinski definition) is 4. The first-order valence-electron chi connectivity index (χ1n) is 5.94. The summed E-state index contributed by atoms with van der Waals surface area (Å²) in [4.78, 5) is 18.9. The van der Waals surface area contributed by atoms with E-state index in [1.165, 1.54) is 6.20 Å². The molecular formula is C12H15F3N2O3. The van der Waals surface area contributed by atoms with Gasteiger partial charge < -0.3 is 9.84 Å². The summed E-state index contributed by atoms with van der Waals surface area (Å²) in [5.41, 5.74) is 0.360. The molecule has 0 bridgehead atoms. The van der Waals surface area contributed by atoms with E-state index in [0.29, 0.717) is 5.69 Å². The number of carboxylic acids is 1. The summed E-state index contributed by atoms with van der Waals surface area (Å²) >= 11 is 0. The molecule has 8 heteroatoms. The minimum Gasteiger partial charge on any atom is -0.478 e. The second-order valence-electron chi connectivity index (χ2n) is 4.46. The number of ether oxygens (including phenoxy) is 1. The van der Waals surface area contributed by atoms with E-state index >= 15 is 0 Å². The van der Waals surface area contributed by atoms with Crippen LogP contribution in [0.5, 0.6) is 0 Å². The zero-order valence-corrected chi connectivity index (χ0v) is 11.1. The Morgan fingerprint density at radius 2 is 2.10 bits per heavy atom. The van der Waals surface area contributed by atoms with Crippen molar-refractivity contribution < 1.29 is 27.8 Å². The van der Waals surface area contributed by atoms with Crippen molar-refractivity contribution in [2.45, 2.75) is 32.4 Å². The fraction of sp³-hybridized carbons (Fsp3) is 0.583. The Morgan fingerprint density at radius 1 is 1.45 bits per heavy atom. The van der Waals surface area contributed by atoms with Gasteiger partial charge in [-0.15, -0.1) is 0 Å². The van der Waals surface area contributed by atoms with Gasteiger partial charge in [0.25, 0.3) is 0 Å². The number of carbonyl (C=O) groups is 1. The van der Waals surface area contributed by atoms with E-state index in [-0.39, 0.29) is 30.3 Å². The Bertz CT molecular complexity index is 476. The van der Waals surface area contributed by atoms with Crippen LogP contribution in [0, 0.1) is 0 Å². The van der Waals surface area contributed by atoms with Crippen molar-refractivity contribution >= 4 is 5.97 Å². The van der Waals surface area contributed by atoms with Crippen molar-refractivity contribution in [3.63, 3.8) is 0 Å². The Balaban J connectivity index is 2.68. The lowest BCUT2D eigenvalue weighted by Crippen LogP contribution is -2.18. The third-order valence-corrected chi connectivity index (χ3v) is 2.38. The van der Waals surface area contributed by atoms with Gasteiger partial charge >= 0.3 is 12.1 Å². The molecule has 0 atom stereocenters. The molecule has 0 amide bonds. The fourth-order valence-electron chi connectivity index (χ4n) is 1.51. The second kappa shape index (κ2) is 6.65. The van der Waals surface area contributed by atoms with Crippen molar-refractivity contribution in [1.29, 1.82) is 0 Å². The molecule has 0 radical (unpaired) electrons. The first kappa shape index (κ1) is 16.4. The van der Waals surface area contributed by atoms with Gasteiger partial charge in [0.1, 0.15) is 12.4 Å². The highest BCUT2D eigenvalue weighted by Gasteiger charge is 2.27. The van der Waals surface area contributed by atoms with Gasteiger partial charge in [-0.2, -0.15) is 13.2 Å². The highest BCUT2D eigenvalue weighted by atomic mass is 19.4. The van der Waals surface area contributed by atoms with Crippen molar-refractivity contribution in [2.75, 3.05) is 13.2 Å². The highest BCUT2D eigenvalue weighted by molar-refractivity contribution is 5.88. The topological polar surface area (TPSA) is 72.3 Å². The largest absolute Gasteiger partial charge is 0.478 e.